The smallest absolute Gasteiger partial charge is 0.121 e. The number of piperazine rings is 1. The number of benzene rings is 1. The number of likely N-dealkylation sites (N-methyl/N-ethyl adjacent to an activating group) is 1. The zero-order chi connectivity index (χ0) is 15.5. The lowest BCUT2D eigenvalue weighted by molar-refractivity contribution is 0.312. The summed E-state index contributed by atoms with van der Waals surface area (Å²) in [7, 11) is 3.92. The van der Waals surface area contributed by atoms with Gasteiger partial charge in [-0.3, -0.25) is 0 Å². The lowest BCUT2D eigenvalue weighted by Gasteiger charge is -2.39. The molecule has 0 amide bonds. The molecule has 2 N–H and O–H groups in total. The van der Waals surface area contributed by atoms with E-state index in [1.807, 2.05) is 0 Å². The summed E-state index contributed by atoms with van der Waals surface area (Å²) >= 11 is 0. The van der Waals surface area contributed by atoms with Crippen LogP contribution in [0.2, 0.25) is 0 Å². The standard InChI is InChI=1S/C17H28N4O/c1-19-8-10-20(11-9-19)17-12-15(22-2)5-6-16(17)21-7-3-4-14(18)13-21/h5-6,12,14H,3-4,7-11,13,18H2,1-2H3/t14-/m1/s1. The summed E-state index contributed by atoms with van der Waals surface area (Å²) < 4.78 is 5.45. The Morgan fingerprint density at radius 2 is 1.82 bits per heavy atom. The number of nitrogens with two attached hydrogens (primary N) is 1. The molecule has 2 heterocycles. The van der Waals surface area contributed by atoms with Crippen LogP contribution in [0.4, 0.5) is 11.4 Å². The Hall–Kier alpha value is -1.46. The van der Waals surface area contributed by atoms with Crippen LogP contribution in [0.5, 0.6) is 5.75 Å². The number of hydrogen-bond donors (Lipinski definition) is 1. The molecule has 0 unspecified atom stereocenters. The van der Waals surface area contributed by atoms with E-state index in [0.717, 1.165) is 51.4 Å². The van der Waals surface area contributed by atoms with E-state index >= 15 is 0 Å². The van der Waals surface area contributed by atoms with Gasteiger partial charge in [-0.2, -0.15) is 0 Å². The quantitative estimate of drug-likeness (QED) is 0.914. The van der Waals surface area contributed by atoms with Crippen molar-refractivity contribution in [1.82, 2.24) is 4.90 Å². The van der Waals surface area contributed by atoms with Gasteiger partial charge in [0.2, 0.25) is 0 Å². The van der Waals surface area contributed by atoms with Gasteiger partial charge < -0.3 is 25.2 Å². The van der Waals surface area contributed by atoms with Gasteiger partial charge in [-0.25, -0.2) is 0 Å². The van der Waals surface area contributed by atoms with E-state index in [-0.39, 0.29) is 6.04 Å². The maximum atomic E-state index is 6.18. The maximum absolute atomic E-state index is 6.18. The van der Waals surface area contributed by atoms with E-state index in [1.165, 1.54) is 17.8 Å². The first-order valence-corrected chi connectivity index (χ1v) is 8.29. The Morgan fingerprint density at radius 3 is 2.50 bits per heavy atom. The van der Waals surface area contributed by atoms with Crippen LogP contribution in [0.15, 0.2) is 18.2 Å². The number of methoxy groups -OCH3 is 1. The first-order chi connectivity index (χ1) is 10.7. The molecule has 3 rings (SSSR count). The van der Waals surface area contributed by atoms with Crippen molar-refractivity contribution in [3.8, 4) is 5.75 Å². The van der Waals surface area contributed by atoms with Gasteiger partial charge in [0.05, 0.1) is 18.5 Å². The molecule has 0 bridgehead atoms. The summed E-state index contributed by atoms with van der Waals surface area (Å²) in [6.45, 7) is 6.40. The highest BCUT2D eigenvalue weighted by molar-refractivity contribution is 5.73. The van der Waals surface area contributed by atoms with Crippen LogP contribution in [-0.4, -0.2) is 64.4 Å². The Kier molecular flexibility index (Phi) is 4.74. The molecule has 2 aliphatic heterocycles. The molecule has 2 fully saturated rings. The van der Waals surface area contributed by atoms with E-state index in [2.05, 4.69) is 39.9 Å². The topological polar surface area (TPSA) is 45.0 Å². The summed E-state index contributed by atoms with van der Waals surface area (Å²) in [6, 6.07) is 6.73. The van der Waals surface area contributed by atoms with Crippen molar-refractivity contribution in [2.45, 2.75) is 18.9 Å². The zero-order valence-electron chi connectivity index (χ0n) is 13.8. The lowest BCUT2D eigenvalue weighted by atomic mass is 10.0. The van der Waals surface area contributed by atoms with Crippen LogP contribution >= 0.6 is 0 Å². The predicted octanol–water partition coefficient (Wildman–Crippen LogP) is 1.37. The molecule has 1 atom stereocenters. The van der Waals surface area contributed by atoms with Crippen LogP contribution < -0.4 is 20.3 Å². The van der Waals surface area contributed by atoms with E-state index in [1.54, 1.807) is 7.11 Å². The second-order valence-corrected chi connectivity index (χ2v) is 6.49. The van der Waals surface area contributed by atoms with Crippen molar-refractivity contribution in [3.63, 3.8) is 0 Å². The molecule has 22 heavy (non-hydrogen) atoms. The fourth-order valence-electron chi connectivity index (χ4n) is 3.43. The second-order valence-electron chi connectivity index (χ2n) is 6.49. The Morgan fingerprint density at radius 1 is 1.05 bits per heavy atom. The predicted molar refractivity (Wildman–Crippen MR) is 92.1 cm³/mol. The molecule has 2 saturated heterocycles. The highest BCUT2D eigenvalue weighted by Gasteiger charge is 2.23. The van der Waals surface area contributed by atoms with Gasteiger partial charge in [0.25, 0.3) is 0 Å². The van der Waals surface area contributed by atoms with E-state index in [9.17, 15) is 0 Å². The molecule has 0 aromatic heterocycles. The number of piperidine rings is 1. The molecular formula is C17H28N4O. The van der Waals surface area contributed by atoms with Crippen molar-refractivity contribution >= 4 is 11.4 Å². The third-order valence-corrected chi connectivity index (χ3v) is 4.83. The maximum Gasteiger partial charge on any atom is 0.121 e. The summed E-state index contributed by atoms with van der Waals surface area (Å²) in [5, 5.41) is 0. The number of hydrogen-bond acceptors (Lipinski definition) is 5. The lowest BCUT2D eigenvalue weighted by Crippen LogP contribution is -2.46. The van der Waals surface area contributed by atoms with Crippen molar-refractivity contribution in [3.05, 3.63) is 18.2 Å². The highest BCUT2D eigenvalue weighted by atomic mass is 16.5. The zero-order valence-corrected chi connectivity index (χ0v) is 13.8. The average molecular weight is 304 g/mol. The van der Waals surface area contributed by atoms with Gasteiger partial charge in [0, 0.05) is 51.4 Å². The molecular weight excluding hydrogens is 276 g/mol. The number of ether oxygens (including phenoxy) is 1. The van der Waals surface area contributed by atoms with Crippen molar-refractivity contribution in [2.75, 3.05) is 63.2 Å². The fraction of sp³-hybridized carbons (Fsp3) is 0.647. The first kappa shape index (κ1) is 15.4. The number of rotatable bonds is 3. The fourth-order valence-corrected chi connectivity index (χ4v) is 3.43. The van der Waals surface area contributed by atoms with Crippen molar-refractivity contribution in [1.29, 1.82) is 0 Å². The molecule has 0 aliphatic carbocycles. The molecule has 5 nitrogen and oxygen atoms in total. The van der Waals surface area contributed by atoms with Crippen LogP contribution in [0.1, 0.15) is 12.8 Å². The van der Waals surface area contributed by atoms with Gasteiger partial charge in [-0.05, 0) is 32.0 Å². The number of nitrogens with zero attached hydrogens (tertiary/aromatic N) is 3. The monoisotopic (exact) mass is 304 g/mol. The molecule has 5 heteroatoms. The minimum Gasteiger partial charge on any atom is -0.497 e. The third kappa shape index (κ3) is 3.31. The normalized spacial score (nSPS) is 23.7. The molecule has 1 aromatic carbocycles. The SMILES string of the molecule is COc1ccc(N2CCC[C@@H](N)C2)c(N2CCN(C)CC2)c1. The van der Waals surface area contributed by atoms with Crippen molar-refractivity contribution < 1.29 is 4.74 Å². The van der Waals surface area contributed by atoms with E-state index in [0.29, 0.717) is 0 Å². The summed E-state index contributed by atoms with van der Waals surface area (Å²) in [5.41, 5.74) is 8.78. The Balaban J connectivity index is 1.88. The minimum atomic E-state index is 0.288. The van der Waals surface area contributed by atoms with Gasteiger partial charge in [-0.1, -0.05) is 0 Å². The van der Waals surface area contributed by atoms with Gasteiger partial charge in [-0.15, -0.1) is 0 Å². The molecule has 0 spiro atoms. The van der Waals surface area contributed by atoms with Crippen LogP contribution in [0.3, 0.4) is 0 Å². The molecule has 0 saturated carbocycles. The van der Waals surface area contributed by atoms with E-state index in [4.69, 9.17) is 10.5 Å². The minimum absolute atomic E-state index is 0.288. The summed E-state index contributed by atoms with van der Waals surface area (Å²) in [6.07, 6.45) is 2.31. The van der Waals surface area contributed by atoms with Gasteiger partial charge in [0.15, 0.2) is 0 Å². The highest BCUT2D eigenvalue weighted by Crippen LogP contribution is 2.35. The first-order valence-electron chi connectivity index (χ1n) is 8.29. The summed E-state index contributed by atoms with van der Waals surface area (Å²) in [5.74, 6) is 0.930. The van der Waals surface area contributed by atoms with Crippen LogP contribution in [0, 0.1) is 0 Å². The molecule has 122 valence electrons. The average Bonchev–Trinajstić information content (AvgIpc) is 2.55. The molecule has 0 radical (unpaired) electrons. The summed E-state index contributed by atoms with van der Waals surface area (Å²) in [4.78, 5) is 7.31. The van der Waals surface area contributed by atoms with Gasteiger partial charge in [0.1, 0.15) is 5.75 Å². The van der Waals surface area contributed by atoms with Crippen LogP contribution in [-0.2, 0) is 0 Å². The Labute approximate surface area is 133 Å². The van der Waals surface area contributed by atoms with Crippen LogP contribution in [0.25, 0.3) is 0 Å². The molecule has 2 aliphatic rings. The third-order valence-electron chi connectivity index (χ3n) is 4.83. The second kappa shape index (κ2) is 6.75. The molecule has 1 aromatic rings. The largest absolute Gasteiger partial charge is 0.497 e. The van der Waals surface area contributed by atoms with Gasteiger partial charge >= 0.3 is 0 Å². The van der Waals surface area contributed by atoms with E-state index < -0.39 is 0 Å². The number of anilines is 2. The van der Waals surface area contributed by atoms with Crippen molar-refractivity contribution in [2.24, 2.45) is 5.73 Å². The Bertz CT molecular complexity index is 499.